The summed E-state index contributed by atoms with van der Waals surface area (Å²) in [5.41, 5.74) is 2.32. The van der Waals surface area contributed by atoms with Gasteiger partial charge in [0.2, 0.25) is 0 Å². The van der Waals surface area contributed by atoms with Crippen molar-refractivity contribution in [2.75, 3.05) is 5.32 Å². The monoisotopic (exact) mass is 304 g/mol. The molecule has 1 N–H and O–H groups in total. The highest BCUT2D eigenvalue weighted by atomic mass is 32.1. The maximum Gasteiger partial charge on any atom is 0.139 e. The number of rotatable bonds is 3. The van der Waals surface area contributed by atoms with Gasteiger partial charge < -0.3 is 5.32 Å². The first-order valence-corrected chi connectivity index (χ1v) is 8.15. The van der Waals surface area contributed by atoms with Gasteiger partial charge in [0.1, 0.15) is 22.0 Å². The number of hydrogen-bond donors (Lipinski definition) is 1. The van der Waals surface area contributed by atoms with Crippen molar-refractivity contribution >= 4 is 38.7 Å². The van der Waals surface area contributed by atoms with Gasteiger partial charge in [-0.05, 0) is 33.3 Å². The van der Waals surface area contributed by atoms with Gasteiger partial charge in [0.05, 0.1) is 11.4 Å². The third-order valence-electron chi connectivity index (χ3n) is 3.33. The molecule has 0 aliphatic rings. The van der Waals surface area contributed by atoms with Crippen molar-refractivity contribution in [3.63, 3.8) is 0 Å². The molecular formula is C14H16N4S2. The van der Waals surface area contributed by atoms with Gasteiger partial charge in [-0.1, -0.05) is 0 Å². The minimum absolute atomic E-state index is 0.145. The molecule has 3 aromatic heterocycles. The highest BCUT2D eigenvalue weighted by molar-refractivity contribution is 7.18. The van der Waals surface area contributed by atoms with Crippen LogP contribution < -0.4 is 5.32 Å². The lowest BCUT2D eigenvalue weighted by molar-refractivity contribution is 0.856. The highest BCUT2D eigenvalue weighted by Crippen LogP contribution is 2.34. The molecule has 0 aromatic carbocycles. The Hall–Kier alpha value is -1.53. The number of fused-ring (bicyclic) bond motifs is 1. The standard InChI is InChI=1S/C14H16N4S2/c1-7-5-19-13(17-7)9(3)18-12-11-8(2)10(4)20-14(11)16-6-15-12/h5-6,9H,1-4H3,(H,15,16,18). The molecule has 0 saturated carbocycles. The smallest absolute Gasteiger partial charge is 0.139 e. The van der Waals surface area contributed by atoms with Gasteiger partial charge in [0.25, 0.3) is 0 Å². The van der Waals surface area contributed by atoms with Crippen LogP contribution in [-0.4, -0.2) is 15.0 Å². The summed E-state index contributed by atoms with van der Waals surface area (Å²) >= 11 is 3.39. The lowest BCUT2D eigenvalue weighted by atomic mass is 10.2. The van der Waals surface area contributed by atoms with Crippen molar-refractivity contribution in [1.29, 1.82) is 0 Å². The molecule has 0 saturated heterocycles. The van der Waals surface area contributed by atoms with E-state index in [1.807, 2.05) is 6.92 Å². The lowest BCUT2D eigenvalue weighted by Gasteiger charge is -2.12. The summed E-state index contributed by atoms with van der Waals surface area (Å²) in [5, 5.41) is 7.76. The fourth-order valence-corrected chi connectivity index (χ4v) is 3.93. The molecule has 0 aliphatic carbocycles. The topological polar surface area (TPSA) is 50.7 Å². The Balaban J connectivity index is 1.98. The predicted octanol–water partition coefficient (Wildman–Crippen LogP) is 4.25. The molecule has 0 spiro atoms. The first-order chi connectivity index (χ1) is 9.56. The third-order valence-corrected chi connectivity index (χ3v) is 5.59. The largest absolute Gasteiger partial charge is 0.360 e. The van der Waals surface area contributed by atoms with Crippen LogP contribution in [0.25, 0.3) is 10.2 Å². The maximum atomic E-state index is 4.53. The van der Waals surface area contributed by atoms with Crippen LogP contribution >= 0.6 is 22.7 Å². The minimum atomic E-state index is 0.145. The molecule has 0 bridgehead atoms. The second kappa shape index (κ2) is 5.10. The lowest BCUT2D eigenvalue weighted by Crippen LogP contribution is -2.08. The molecule has 0 radical (unpaired) electrons. The second-order valence-corrected chi connectivity index (χ2v) is 6.97. The van der Waals surface area contributed by atoms with Crippen molar-refractivity contribution in [3.8, 4) is 0 Å². The van der Waals surface area contributed by atoms with Gasteiger partial charge in [-0.15, -0.1) is 22.7 Å². The van der Waals surface area contributed by atoms with Crippen LogP contribution in [0.3, 0.4) is 0 Å². The molecule has 3 rings (SSSR count). The SMILES string of the molecule is Cc1csc(C(C)Nc2ncnc3sc(C)c(C)c23)n1. The van der Waals surface area contributed by atoms with E-state index in [1.165, 1.54) is 10.4 Å². The number of aryl methyl sites for hydroxylation is 3. The van der Waals surface area contributed by atoms with E-state index in [4.69, 9.17) is 0 Å². The van der Waals surface area contributed by atoms with Crippen molar-refractivity contribution in [2.45, 2.75) is 33.7 Å². The molecule has 6 heteroatoms. The number of aromatic nitrogens is 3. The van der Waals surface area contributed by atoms with Crippen LogP contribution in [0, 0.1) is 20.8 Å². The van der Waals surface area contributed by atoms with Gasteiger partial charge in [-0.25, -0.2) is 15.0 Å². The van der Waals surface area contributed by atoms with Crippen LogP contribution in [0.1, 0.15) is 34.1 Å². The van der Waals surface area contributed by atoms with E-state index < -0.39 is 0 Å². The van der Waals surface area contributed by atoms with Crippen LogP contribution in [0.5, 0.6) is 0 Å². The molecule has 0 fully saturated rings. The Morgan fingerprint density at radius 3 is 2.70 bits per heavy atom. The van der Waals surface area contributed by atoms with Gasteiger partial charge in [0, 0.05) is 16.0 Å². The maximum absolute atomic E-state index is 4.53. The van der Waals surface area contributed by atoms with Gasteiger partial charge in [-0.2, -0.15) is 0 Å². The molecule has 0 amide bonds. The Morgan fingerprint density at radius 2 is 2.00 bits per heavy atom. The highest BCUT2D eigenvalue weighted by Gasteiger charge is 2.15. The molecule has 0 aliphatic heterocycles. The Labute approximate surface area is 125 Å². The van der Waals surface area contributed by atoms with E-state index >= 15 is 0 Å². The zero-order valence-electron chi connectivity index (χ0n) is 11.9. The summed E-state index contributed by atoms with van der Waals surface area (Å²) in [6.45, 7) is 8.38. The molecule has 20 heavy (non-hydrogen) atoms. The average molecular weight is 304 g/mol. The number of nitrogens with zero attached hydrogens (tertiary/aromatic N) is 3. The van der Waals surface area contributed by atoms with Crippen molar-refractivity contribution in [2.24, 2.45) is 0 Å². The summed E-state index contributed by atoms with van der Waals surface area (Å²) in [7, 11) is 0. The van der Waals surface area contributed by atoms with Gasteiger partial charge in [-0.3, -0.25) is 0 Å². The molecule has 4 nitrogen and oxygen atoms in total. The van der Waals surface area contributed by atoms with Crippen molar-refractivity contribution in [3.05, 3.63) is 32.8 Å². The number of hydrogen-bond acceptors (Lipinski definition) is 6. The summed E-state index contributed by atoms with van der Waals surface area (Å²) in [6, 6.07) is 0.145. The summed E-state index contributed by atoms with van der Waals surface area (Å²) in [6.07, 6.45) is 1.62. The summed E-state index contributed by atoms with van der Waals surface area (Å²) in [4.78, 5) is 15.6. The van der Waals surface area contributed by atoms with Crippen LogP contribution in [0.2, 0.25) is 0 Å². The number of anilines is 1. The third kappa shape index (κ3) is 2.29. The normalized spacial score (nSPS) is 12.8. The molecule has 1 atom stereocenters. The van der Waals surface area contributed by atoms with E-state index in [-0.39, 0.29) is 6.04 Å². The van der Waals surface area contributed by atoms with E-state index in [0.29, 0.717) is 0 Å². The average Bonchev–Trinajstić information content (AvgIpc) is 2.96. The minimum Gasteiger partial charge on any atom is -0.360 e. The summed E-state index contributed by atoms with van der Waals surface area (Å²) in [5.74, 6) is 0.900. The van der Waals surface area contributed by atoms with E-state index in [0.717, 1.165) is 26.7 Å². The predicted molar refractivity (Wildman–Crippen MR) is 85.8 cm³/mol. The fraction of sp³-hybridized carbons (Fsp3) is 0.357. The number of thiazole rings is 1. The Bertz CT molecular complexity index is 760. The number of nitrogens with one attached hydrogen (secondary N) is 1. The van der Waals surface area contributed by atoms with Crippen LogP contribution in [0.4, 0.5) is 5.82 Å². The Kier molecular flexibility index (Phi) is 3.43. The van der Waals surface area contributed by atoms with Gasteiger partial charge >= 0.3 is 0 Å². The van der Waals surface area contributed by atoms with E-state index in [1.54, 1.807) is 29.0 Å². The van der Waals surface area contributed by atoms with Crippen molar-refractivity contribution in [1.82, 2.24) is 15.0 Å². The zero-order valence-corrected chi connectivity index (χ0v) is 13.5. The quantitative estimate of drug-likeness (QED) is 0.786. The molecule has 3 heterocycles. The zero-order chi connectivity index (χ0) is 14.3. The molecule has 3 aromatic rings. The first-order valence-electron chi connectivity index (χ1n) is 6.45. The second-order valence-electron chi connectivity index (χ2n) is 4.88. The molecule has 104 valence electrons. The number of thiophene rings is 1. The fourth-order valence-electron chi connectivity index (χ4n) is 2.13. The van der Waals surface area contributed by atoms with E-state index in [2.05, 4.69) is 46.4 Å². The van der Waals surface area contributed by atoms with Crippen molar-refractivity contribution < 1.29 is 0 Å². The van der Waals surface area contributed by atoms with Crippen LogP contribution in [0.15, 0.2) is 11.7 Å². The molecular weight excluding hydrogens is 288 g/mol. The van der Waals surface area contributed by atoms with Crippen LogP contribution in [-0.2, 0) is 0 Å². The summed E-state index contributed by atoms with van der Waals surface area (Å²) < 4.78 is 0. The molecule has 1 unspecified atom stereocenters. The Morgan fingerprint density at radius 1 is 1.20 bits per heavy atom. The van der Waals surface area contributed by atoms with Gasteiger partial charge in [0.15, 0.2) is 0 Å². The van der Waals surface area contributed by atoms with E-state index in [9.17, 15) is 0 Å². The first kappa shape index (κ1) is 13.5.